The number of carbonyl (C=O) groups excluding carboxylic acids is 1. The van der Waals surface area contributed by atoms with Crippen LogP contribution in [0.1, 0.15) is 13.8 Å². The second kappa shape index (κ2) is 7.69. The van der Waals surface area contributed by atoms with E-state index in [1.807, 2.05) is 42.5 Å². The number of rotatable bonds is 4. The quantitative estimate of drug-likeness (QED) is 0.545. The van der Waals surface area contributed by atoms with E-state index in [1.54, 1.807) is 26.0 Å². The van der Waals surface area contributed by atoms with Crippen molar-refractivity contribution in [2.45, 2.75) is 13.8 Å². The SMILES string of the molecule is CC(C)(C#N)C(=O)Nc1nc(-c2ccccc2Cl)c(-c2ccccc2Cl)s1. The topological polar surface area (TPSA) is 65.8 Å². The number of nitrogens with one attached hydrogen (secondary N) is 1. The van der Waals surface area contributed by atoms with Gasteiger partial charge in [0.1, 0.15) is 5.41 Å². The Morgan fingerprint density at radius 3 is 2.19 bits per heavy atom. The Kier molecular flexibility index (Phi) is 5.52. The number of halogens is 2. The lowest BCUT2D eigenvalue weighted by atomic mass is 9.95. The van der Waals surface area contributed by atoms with Gasteiger partial charge in [-0.1, -0.05) is 70.9 Å². The summed E-state index contributed by atoms with van der Waals surface area (Å²) in [7, 11) is 0. The normalized spacial score (nSPS) is 11.1. The van der Waals surface area contributed by atoms with Crippen molar-refractivity contribution in [2.75, 3.05) is 5.32 Å². The van der Waals surface area contributed by atoms with Crippen molar-refractivity contribution in [3.05, 3.63) is 58.6 Å². The fourth-order valence-corrected chi connectivity index (χ4v) is 3.87. The number of anilines is 1. The first-order valence-electron chi connectivity index (χ1n) is 8.07. The first-order valence-corrected chi connectivity index (χ1v) is 9.64. The van der Waals surface area contributed by atoms with Crippen LogP contribution in [0.15, 0.2) is 48.5 Å². The van der Waals surface area contributed by atoms with Gasteiger partial charge in [0.15, 0.2) is 5.13 Å². The third-order valence-corrected chi connectivity index (χ3v) is 5.61. The highest BCUT2D eigenvalue weighted by molar-refractivity contribution is 7.19. The van der Waals surface area contributed by atoms with Crippen LogP contribution >= 0.6 is 34.5 Å². The molecule has 0 spiro atoms. The van der Waals surface area contributed by atoms with Crippen molar-refractivity contribution >= 4 is 45.6 Å². The van der Waals surface area contributed by atoms with Gasteiger partial charge in [0, 0.05) is 16.1 Å². The van der Waals surface area contributed by atoms with Crippen molar-refractivity contribution in [1.82, 2.24) is 4.98 Å². The van der Waals surface area contributed by atoms with E-state index in [9.17, 15) is 4.79 Å². The molecule has 0 saturated carbocycles. The first-order chi connectivity index (χ1) is 12.8. The van der Waals surface area contributed by atoms with E-state index >= 15 is 0 Å². The van der Waals surface area contributed by atoms with Crippen LogP contribution < -0.4 is 5.32 Å². The number of carbonyl (C=O) groups is 1. The van der Waals surface area contributed by atoms with E-state index < -0.39 is 11.3 Å². The molecule has 4 nitrogen and oxygen atoms in total. The molecular weight excluding hydrogens is 401 g/mol. The van der Waals surface area contributed by atoms with Crippen LogP contribution in [0, 0.1) is 16.7 Å². The molecule has 0 aliphatic heterocycles. The van der Waals surface area contributed by atoms with Gasteiger partial charge < -0.3 is 5.32 Å². The molecule has 0 atom stereocenters. The third kappa shape index (κ3) is 3.98. The lowest BCUT2D eigenvalue weighted by Gasteiger charge is -2.12. The molecule has 1 amide bonds. The van der Waals surface area contributed by atoms with Gasteiger partial charge in [-0.2, -0.15) is 5.26 Å². The summed E-state index contributed by atoms with van der Waals surface area (Å²) >= 11 is 14.0. The molecule has 2 aromatic carbocycles. The molecule has 0 unspecified atom stereocenters. The molecule has 1 aromatic heterocycles. The number of thiazole rings is 1. The molecule has 3 rings (SSSR count). The molecule has 3 aromatic rings. The summed E-state index contributed by atoms with van der Waals surface area (Å²) in [4.78, 5) is 17.7. The second-order valence-electron chi connectivity index (χ2n) is 6.35. The molecular formula is C20H15Cl2N3OS. The van der Waals surface area contributed by atoms with Gasteiger partial charge >= 0.3 is 0 Å². The smallest absolute Gasteiger partial charge is 0.246 e. The van der Waals surface area contributed by atoms with Crippen molar-refractivity contribution in [3.63, 3.8) is 0 Å². The van der Waals surface area contributed by atoms with Gasteiger partial charge in [0.2, 0.25) is 5.91 Å². The minimum atomic E-state index is -1.17. The highest BCUT2D eigenvalue weighted by atomic mass is 35.5. The number of hydrogen-bond donors (Lipinski definition) is 1. The van der Waals surface area contributed by atoms with E-state index in [0.717, 1.165) is 16.0 Å². The lowest BCUT2D eigenvalue weighted by Crippen LogP contribution is -2.29. The predicted octanol–water partition coefficient (Wildman–Crippen LogP) is 6.27. The highest BCUT2D eigenvalue weighted by Gasteiger charge is 2.29. The molecule has 27 heavy (non-hydrogen) atoms. The summed E-state index contributed by atoms with van der Waals surface area (Å²) in [5, 5.41) is 13.4. The maximum atomic E-state index is 12.4. The van der Waals surface area contributed by atoms with E-state index in [2.05, 4.69) is 10.3 Å². The molecule has 0 bridgehead atoms. The van der Waals surface area contributed by atoms with Crippen LogP contribution in [-0.4, -0.2) is 10.9 Å². The van der Waals surface area contributed by atoms with Crippen LogP contribution in [0.25, 0.3) is 21.7 Å². The minimum Gasteiger partial charge on any atom is -0.301 e. The van der Waals surface area contributed by atoms with Crippen LogP contribution in [-0.2, 0) is 4.79 Å². The number of hydrogen-bond acceptors (Lipinski definition) is 4. The summed E-state index contributed by atoms with van der Waals surface area (Å²) in [6, 6.07) is 16.8. The molecule has 1 N–H and O–H groups in total. The first kappa shape index (κ1) is 19.4. The zero-order valence-corrected chi connectivity index (χ0v) is 16.9. The zero-order valence-electron chi connectivity index (χ0n) is 14.6. The number of benzene rings is 2. The number of nitrogens with zero attached hydrogens (tertiary/aromatic N) is 2. The lowest BCUT2D eigenvalue weighted by molar-refractivity contribution is -0.121. The van der Waals surface area contributed by atoms with Crippen molar-refractivity contribution in [1.29, 1.82) is 5.26 Å². The Morgan fingerprint density at radius 1 is 1.07 bits per heavy atom. The monoisotopic (exact) mass is 415 g/mol. The van der Waals surface area contributed by atoms with E-state index in [-0.39, 0.29) is 0 Å². The molecule has 0 fully saturated rings. The maximum absolute atomic E-state index is 12.4. The van der Waals surface area contributed by atoms with E-state index in [1.165, 1.54) is 11.3 Å². The van der Waals surface area contributed by atoms with Gasteiger partial charge in [-0.15, -0.1) is 0 Å². The van der Waals surface area contributed by atoms with Gasteiger partial charge in [-0.3, -0.25) is 4.79 Å². The van der Waals surface area contributed by atoms with Crippen LogP contribution in [0.4, 0.5) is 5.13 Å². The van der Waals surface area contributed by atoms with Gasteiger partial charge in [0.05, 0.1) is 21.7 Å². The molecule has 7 heteroatoms. The Labute approximate surface area is 171 Å². The summed E-state index contributed by atoms with van der Waals surface area (Å²) in [5.41, 5.74) is 1.00. The Bertz CT molecular complexity index is 990. The van der Waals surface area contributed by atoms with Crippen LogP contribution in [0.5, 0.6) is 0 Å². The standard InChI is InChI=1S/C20H15Cl2N3OS/c1-20(2,11-23)18(26)25-19-24-16(12-7-3-5-9-14(12)21)17(27-19)13-8-4-6-10-15(13)22/h3-10H,1-2H3,(H,24,25,26). The summed E-state index contributed by atoms with van der Waals surface area (Å²) in [5.74, 6) is -0.421. The third-order valence-electron chi connectivity index (χ3n) is 3.94. The van der Waals surface area contributed by atoms with E-state index in [0.29, 0.717) is 20.9 Å². The van der Waals surface area contributed by atoms with Gasteiger partial charge in [0.25, 0.3) is 0 Å². The van der Waals surface area contributed by atoms with E-state index in [4.69, 9.17) is 28.5 Å². The van der Waals surface area contributed by atoms with Crippen molar-refractivity contribution in [3.8, 4) is 27.8 Å². The second-order valence-corrected chi connectivity index (χ2v) is 8.16. The van der Waals surface area contributed by atoms with Crippen LogP contribution in [0.2, 0.25) is 10.0 Å². The van der Waals surface area contributed by atoms with Crippen molar-refractivity contribution in [2.24, 2.45) is 5.41 Å². The molecule has 0 radical (unpaired) electrons. The number of amides is 1. The minimum absolute atomic E-state index is 0.383. The Hall–Kier alpha value is -2.39. The molecule has 0 aliphatic rings. The summed E-state index contributed by atoms with van der Waals surface area (Å²) in [6.07, 6.45) is 0. The Morgan fingerprint density at radius 2 is 1.63 bits per heavy atom. The average Bonchev–Trinajstić information content (AvgIpc) is 3.05. The summed E-state index contributed by atoms with van der Waals surface area (Å²) in [6.45, 7) is 3.11. The highest BCUT2D eigenvalue weighted by Crippen LogP contribution is 2.43. The average molecular weight is 416 g/mol. The van der Waals surface area contributed by atoms with Gasteiger partial charge in [-0.05, 0) is 26.0 Å². The summed E-state index contributed by atoms with van der Waals surface area (Å²) < 4.78 is 0. The fourth-order valence-electron chi connectivity index (χ4n) is 2.34. The number of nitriles is 1. The van der Waals surface area contributed by atoms with Crippen molar-refractivity contribution < 1.29 is 4.79 Å². The van der Waals surface area contributed by atoms with Crippen LogP contribution in [0.3, 0.4) is 0 Å². The number of aromatic nitrogens is 1. The zero-order chi connectivity index (χ0) is 19.6. The fraction of sp³-hybridized carbons (Fsp3) is 0.150. The predicted molar refractivity (Wildman–Crippen MR) is 111 cm³/mol. The largest absolute Gasteiger partial charge is 0.301 e. The molecule has 1 heterocycles. The molecule has 0 saturated heterocycles. The van der Waals surface area contributed by atoms with Gasteiger partial charge in [-0.25, -0.2) is 4.98 Å². The Balaban J connectivity index is 2.13. The molecule has 0 aliphatic carbocycles. The maximum Gasteiger partial charge on any atom is 0.246 e. The molecule has 136 valence electrons.